The van der Waals surface area contributed by atoms with Gasteiger partial charge in [0.05, 0.1) is 13.2 Å². The Morgan fingerprint density at radius 3 is 2.57 bits per heavy atom. The van der Waals surface area contributed by atoms with Gasteiger partial charge in [-0.15, -0.1) is 0 Å². The molecule has 0 N–H and O–H groups in total. The molecule has 0 aliphatic rings. The van der Waals surface area contributed by atoms with E-state index in [-0.39, 0.29) is 6.61 Å². The predicted molar refractivity (Wildman–Crippen MR) is 94.5 cm³/mol. The first-order valence-electron chi connectivity index (χ1n) is 7.16. The van der Waals surface area contributed by atoms with E-state index in [0.717, 1.165) is 0 Å². The number of benzene rings is 1. The SMILES string of the molecule is CCOC(=O)C(F)(F)/C=C(/I)CCCCOc1ccc(Cl)cc1. The van der Waals surface area contributed by atoms with Crippen molar-refractivity contribution < 1.29 is 23.0 Å². The fraction of sp³-hybridized carbons (Fsp3) is 0.438. The fourth-order valence-electron chi connectivity index (χ4n) is 1.67. The van der Waals surface area contributed by atoms with Crippen LogP contribution >= 0.6 is 34.2 Å². The molecule has 0 amide bonds. The highest BCUT2D eigenvalue weighted by Crippen LogP contribution is 2.25. The van der Waals surface area contributed by atoms with Crippen molar-refractivity contribution in [2.24, 2.45) is 0 Å². The largest absolute Gasteiger partial charge is 0.494 e. The van der Waals surface area contributed by atoms with Gasteiger partial charge in [0.2, 0.25) is 0 Å². The molecule has 0 unspecified atom stereocenters. The lowest BCUT2D eigenvalue weighted by molar-refractivity contribution is -0.164. The molecule has 0 heterocycles. The number of carbonyl (C=O) groups excluding carboxylic acids is 1. The molecule has 1 aromatic rings. The van der Waals surface area contributed by atoms with Crippen LogP contribution in [0.15, 0.2) is 33.9 Å². The number of hydrogen-bond donors (Lipinski definition) is 0. The number of rotatable bonds is 9. The lowest BCUT2D eigenvalue weighted by Gasteiger charge is -2.11. The Balaban J connectivity index is 2.30. The number of allylic oxidation sites excluding steroid dienone is 1. The molecule has 23 heavy (non-hydrogen) atoms. The minimum Gasteiger partial charge on any atom is -0.494 e. The Kier molecular flexibility index (Phi) is 8.83. The van der Waals surface area contributed by atoms with Crippen molar-refractivity contribution >= 4 is 40.2 Å². The van der Waals surface area contributed by atoms with E-state index in [0.29, 0.717) is 46.3 Å². The summed E-state index contributed by atoms with van der Waals surface area (Å²) < 4.78 is 37.3. The van der Waals surface area contributed by atoms with Crippen LogP contribution in [0.4, 0.5) is 8.78 Å². The molecular formula is C16H18ClF2IO3. The van der Waals surface area contributed by atoms with Gasteiger partial charge in [-0.1, -0.05) is 11.6 Å². The van der Waals surface area contributed by atoms with Gasteiger partial charge in [0.1, 0.15) is 5.75 Å². The minimum absolute atomic E-state index is 0.0686. The van der Waals surface area contributed by atoms with Crippen LogP contribution in [-0.2, 0) is 9.53 Å². The number of unbranched alkanes of at least 4 members (excludes halogenated alkanes) is 1. The van der Waals surface area contributed by atoms with Crippen molar-refractivity contribution in [3.05, 3.63) is 38.9 Å². The lowest BCUT2D eigenvalue weighted by atomic mass is 10.2. The van der Waals surface area contributed by atoms with Crippen molar-refractivity contribution in [3.8, 4) is 5.75 Å². The van der Waals surface area contributed by atoms with E-state index >= 15 is 0 Å². The normalized spacial score (nSPS) is 12.1. The molecule has 0 fully saturated rings. The van der Waals surface area contributed by atoms with Gasteiger partial charge < -0.3 is 9.47 Å². The minimum atomic E-state index is -3.58. The van der Waals surface area contributed by atoms with Crippen LogP contribution in [-0.4, -0.2) is 25.1 Å². The summed E-state index contributed by atoms with van der Waals surface area (Å²) in [5.74, 6) is -4.37. The van der Waals surface area contributed by atoms with Crippen molar-refractivity contribution in [1.82, 2.24) is 0 Å². The van der Waals surface area contributed by atoms with Gasteiger partial charge in [0.25, 0.3) is 0 Å². The summed E-state index contributed by atoms with van der Waals surface area (Å²) >= 11 is 7.58. The summed E-state index contributed by atoms with van der Waals surface area (Å²) in [4.78, 5) is 11.1. The summed E-state index contributed by atoms with van der Waals surface area (Å²) in [5, 5.41) is 0.638. The van der Waals surface area contributed by atoms with E-state index < -0.39 is 11.9 Å². The van der Waals surface area contributed by atoms with E-state index in [2.05, 4.69) is 4.74 Å². The molecule has 0 saturated carbocycles. The summed E-state index contributed by atoms with van der Waals surface area (Å²) in [7, 11) is 0. The average Bonchev–Trinajstić information content (AvgIpc) is 2.48. The van der Waals surface area contributed by atoms with Gasteiger partial charge in [-0.25, -0.2) is 4.79 Å². The number of hydrogen-bond acceptors (Lipinski definition) is 3. The molecule has 7 heteroatoms. The van der Waals surface area contributed by atoms with E-state index in [1.54, 1.807) is 24.3 Å². The first-order chi connectivity index (χ1) is 10.8. The fourth-order valence-corrected chi connectivity index (χ4v) is 2.57. The molecule has 0 radical (unpaired) electrons. The molecule has 0 aliphatic carbocycles. The van der Waals surface area contributed by atoms with Crippen LogP contribution in [0.2, 0.25) is 5.02 Å². The maximum absolute atomic E-state index is 13.5. The second-order valence-electron chi connectivity index (χ2n) is 4.69. The standard InChI is InChI=1S/C16H18ClF2IO3/c1-2-22-15(21)16(18,19)11-13(20)5-3-4-10-23-14-8-6-12(17)7-9-14/h6-9,11H,2-5,10H2,1H3/b13-11+. The van der Waals surface area contributed by atoms with Gasteiger partial charge in [-0.05, 0) is 76.6 Å². The summed E-state index contributed by atoms with van der Waals surface area (Å²) in [5.41, 5.74) is 0. The van der Waals surface area contributed by atoms with Crippen molar-refractivity contribution in [2.45, 2.75) is 32.1 Å². The Morgan fingerprint density at radius 1 is 1.30 bits per heavy atom. The highest BCUT2D eigenvalue weighted by Gasteiger charge is 2.38. The summed E-state index contributed by atoms with van der Waals surface area (Å²) in [6.45, 7) is 1.91. The van der Waals surface area contributed by atoms with E-state index in [1.807, 2.05) is 22.6 Å². The second-order valence-corrected chi connectivity index (χ2v) is 6.52. The zero-order valence-electron chi connectivity index (χ0n) is 12.7. The molecule has 0 bridgehead atoms. The zero-order valence-corrected chi connectivity index (χ0v) is 15.6. The zero-order chi connectivity index (χ0) is 17.3. The Bertz CT molecular complexity index is 533. The van der Waals surface area contributed by atoms with Crippen molar-refractivity contribution in [1.29, 1.82) is 0 Å². The highest BCUT2D eigenvalue weighted by molar-refractivity contribution is 14.1. The third kappa shape index (κ3) is 7.97. The summed E-state index contributed by atoms with van der Waals surface area (Å²) in [6, 6.07) is 7.01. The maximum Gasteiger partial charge on any atom is 0.381 e. The molecule has 128 valence electrons. The van der Waals surface area contributed by atoms with E-state index in [1.165, 1.54) is 6.92 Å². The van der Waals surface area contributed by atoms with Gasteiger partial charge in [-0.2, -0.15) is 8.78 Å². The first-order valence-corrected chi connectivity index (χ1v) is 8.61. The van der Waals surface area contributed by atoms with Crippen molar-refractivity contribution in [3.63, 3.8) is 0 Å². The van der Waals surface area contributed by atoms with Gasteiger partial charge >= 0.3 is 11.9 Å². The van der Waals surface area contributed by atoms with Crippen LogP contribution in [0, 0.1) is 0 Å². The quantitative estimate of drug-likeness (QED) is 0.282. The Morgan fingerprint density at radius 2 is 1.96 bits per heavy atom. The van der Waals surface area contributed by atoms with Gasteiger partial charge in [0, 0.05) is 11.1 Å². The number of alkyl halides is 2. The smallest absolute Gasteiger partial charge is 0.381 e. The maximum atomic E-state index is 13.5. The summed E-state index contributed by atoms with van der Waals surface area (Å²) in [6.07, 6.45) is 2.51. The molecule has 0 aromatic heterocycles. The molecule has 1 aromatic carbocycles. The van der Waals surface area contributed by atoms with Crippen LogP contribution in [0.3, 0.4) is 0 Å². The van der Waals surface area contributed by atoms with Gasteiger partial charge in [0.15, 0.2) is 0 Å². The van der Waals surface area contributed by atoms with Gasteiger partial charge in [-0.3, -0.25) is 0 Å². The monoisotopic (exact) mass is 458 g/mol. The molecule has 0 atom stereocenters. The van der Waals surface area contributed by atoms with Crippen LogP contribution < -0.4 is 4.74 Å². The Hall–Kier alpha value is -0.890. The average molecular weight is 459 g/mol. The second kappa shape index (κ2) is 10.1. The van der Waals surface area contributed by atoms with Crippen molar-refractivity contribution in [2.75, 3.05) is 13.2 Å². The van der Waals surface area contributed by atoms with Crippen LogP contribution in [0.5, 0.6) is 5.75 Å². The molecular weight excluding hydrogens is 441 g/mol. The number of esters is 1. The first kappa shape index (κ1) is 20.2. The lowest BCUT2D eigenvalue weighted by Crippen LogP contribution is -2.28. The topological polar surface area (TPSA) is 35.5 Å². The third-order valence-corrected chi connectivity index (χ3v) is 3.88. The molecule has 1 rings (SSSR count). The van der Waals surface area contributed by atoms with Crippen LogP contribution in [0.1, 0.15) is 26.2 Å². The molecule has 0 spiro atoms. The van der Waals surface area contributed by atoms with E-state index in [4.69, 9.17) is 16.3 Å². The number of ether oxygens (including phenoxy) is 2. The van der Waals surface area contributed by atoms with Crippen LogP contribution in [0.25, 0.3) is 0 Å². The number of halogens is 4. The third-order valence-electron chi connectivity index (χ3n) is 2.78. The molecule has 3 nitrogen and oxygen atoms in total. The predicted octanol–water partition coefficient (Wildman–Crippen LogP) is 5.41. The molecule has 0 saturated heterocycles. The molecule has 0 aliphatic heterocycles. The number of carbonyl (C=O) groups is 1. The van der Waals surface area contributed by atoms with E-state index in [9.17, 15) is 13.6 Å². The highest BCUT2D eigenvalue weighted by atomic mass is 127. The Labute approximate surface area is 153 Å².